The van der Waals surface area contributed by atoms with Gasteiger partial charge in [0.25, 0.3) is 5.91 Å². The van der Waals surface area contributed by atoms with Gasteiger partial charge in [-0.3, -0.25) is 4.79 Å². The Bertz CT molecular complexity index is 386. The van der Waals surface area contributed by atoms with Crippen LogP contribution in [0.3, 0.4) is 0 Å². The molecule has 0 aliphatic carbocycles. The van der Waals surface area contributed by atoms with Crippen LogP contribution in [0.4, 0.5) is 0 Å². The highest BCUT2D eigenvalue weighted by Gasteiger charge is 2.14. The third-order valence-electron chi connectivity index (χ3n) is 3.30. The summed E-state index contributed by atoms with van der Waals surface area (Å²) < 4.78 is 0. The molecule has 0 radical (unpaired) electrons. The Morgan fingerprint density at radius 1 is 1.17 bits per heavy atom. The first kappa shape index (κ1) is 15.2. The van der Waals surface area contributed by atoms with E-state index in [0.717, 1.165) is 10.9 Å². The van der Waals surface area contributed by atoms with Crippen LogP contribution in [0.25, 0.3) is 0 Å². The average molecular weight is 312 g/mol. The number of carbonyl (C=O) groups excluding carboxylic acids is 1. The van der Waals surface area contributed by atoms with Gasteiger partial charge in [-0.25, -0.2) is 0 Å². The molecule has 2 atom stereocenters. The summed E-state index contributed by atoms with van der Waals surface area (Å²) in [5.74, 6) is 0.920. The lowest BCUT2D eigenvalue weighted by molar-refractivity contribution is 0.0931. The minimum atomic E-state index is 0.00519. The zero-order chi connectivity index (χ0) is 13.7. The standard InChI is InChI=1S/C15H22BrNO/c1-10(2)13-5-7-14(8-6-13)15(18)17-12(4)11(3)9-16/h5-8,10-12H,9H2,1-4H3,(H,17,18). The highest BCUT2D eigenvalue weighted by Crippen LogP contribution is 2.15. The molecule has 18 heavy (non-hydrogen) atoms. The monoisotopic (exact) mass is 311 g/mol. The molecule has 0 bridgehead atoms. The van der Waals surface area contributed by atoms with Crippen LogP contribution in [0.1, 0.15) is 49.5 Å². The number of carbonyl (C=O) groups is 1. The van der Waals surface area contributed by atoms with Gasteiger partial charge in [0.05, 0.1) is 0 Å². The van der Waals surface area contributed by atoms with Crippen molar-refractivity contribution >= 4 is 21.8 Å². The first-order valence-corrected chi connectivity index (χ1v) is 7.54. The molecular weight excluding hydrogens is 290 g/mol. The highest BCUT2D eigenvalue weighted by atomic mass is 79.9. The van der Waals surface area contributed by atoms with E-state index in [4.69, 9.17) is 0 Å². The summed E-state index contributed by atoms with van der Waals surface area (Å²) in [7, 11) is 0. The molecule has 1 N–H and O–H groups in total. The molecule has 2 nitrogen and oxygen atoms in total. The van der Waals surface area contributed by atoms with Gasteiger partial charge in [-0.05, 0) is 36.5 Å². The van der Waals surface area contributed by atoms with E-state index in [0.29, 0.717) is 11.8 Å². The molecule has 0 spiro atoms. The quantitative estimate of drug-likeness (QED) is 0.819. The van der Waals surface area contributed by atoms with Crippen LogP contribution in [0.5, 0.6) is 0 Å². The van der Waals surface area contributed by atoms with Gasteiger partial charge in [0.1, 0.15) is 0 Å². The number of nitrogens with one attached hydrogen (secondary N) is 1. The summed E-state index contributed by atoms with van der Waals surface area (Å²) in [6.07, 6.45) is 0. The maximum absolute atomic E-state index is 12.0. The molecule has 0 aromatic heterocycles. The second kappa shape index (κ2) is 6.93. The lowest BCUT2D eigenvalue weighted by Gasteiger charge is -2.19. The fourth-order valence-electron chi connectivity index (χ4n) is 1.59. The third kappa shape index (κ3) is 4.13. The van der Waals surface area contributed by atoms with E-state index in [1.807, 2.05) is 31.2 Å². The summed E-state index contributed by atoms with van der Waals surface area (Å²) in [5, 5.41) is 3.92. The van der Waals surface area contributed by atoms with Gasteiger partial charge in [-0.2, -0.15) is 0 Å². The number of benzene rings is 1. The first-order chi connectivity index (χ1) is 8.45. The summed E-state index contributed by atoms with van der Waals surface area (Å²) in [4.78, 5) is 12.0. The Kier molecular flexibility index (Phi) is 5.86. The van der Waals surface area contributed by atoms with Gasteiger partial charge in [-0.1, -0.05) is 48.8 Å². The van der Waals surface area contributed by atoms with Crippen LogP contribution >= 0.6 is 15.9 Å². The van der Waals surface area contributed by atoms with Crippen LogP contribution in [0.2, 0.25) is 0 Å². The molecule has 0 saturated carbocycles. The Balaban J connectivity index is 2.67. The van der Waals surface area contributed by atoms with Crippen molar-refractivity contribution < 1.29 is 4.79 Å². The first-order valence-electron chi connectivity index (χ1n) is 6.42. The summed E-state index contributed by atoms with van der Waals surface area (Å²) >= 11 is 3.44. The number of hydrogen-bond acceptors (Lipinski definition) is 1. The minimum Gasteiger partial charge on any atom is -0.349 e. The topological polar surface area (TPSA) is 29.1 Å². The van der Waals surface area contributed by atoms with Gasteiger partial charge in [-0.15, -0.1) is 0 Å². The zero-order valence-corrected chi connectivity index (χ0v) is 13.1. The molecule has 100 valence electrons. The van der Waals surface area contributed by atoms with Crippen molar-refractivity contribution in [1.29, 1.82) is 0 Å². The largest absolute Gasteiger partial charge is 0.349 e. The predicted molar refractivity (Wildman–Crippen MR) is 80.4 cm³/mol. The minimum absolute atomic E-state index is 0.00519. The van der Waals surface area contributed by atoms with Crippen LogP contribution in [0.15, 0.2) is 24.3 Å². The molecular formula is C15H22BrNO. The van der Waals surface area contributed by atoms with Crippen molar-refractivity contribution in [3.63, 3.8) is 0 Å². The van der Waals surface area contributed by atoms with E-state index in [1.54, 1.807) is 0 Å². The lowest BCUT2D eigenvalue weighted by atomic mass is 10.0. The van der Waals surface area contributed by atoms with Crippen molar-refractivity contribution in [3.05, 3.63) is 35.4 Å². The van der Waals surface area contributed by atoms with Crippen molar-refractivity contribution in [2.45, 2.75) is 39.7 Å². The van der Waals surface area contributed by atoms with E-state index in [-0.39, 0.29) is 11.9 Å². The van der Waals surface area contributed by atoms with Crippen molar-refractivity contribution in [2.75, 3.05) is 5.33 Å². The van der Waals surface area contributed by atoms with Crippen molar-refractivity contribution in [3.8, 4) is 0 Å². The van der Waals surface area contributed by atoms with E-state index >= 15 is 0 Å². The third-order valence-corrected chi connectivity index (χ3v) is 4.32. The van der Waals surface area contributed by atoms with Gasteiger partial charge < -0.3 is 5.32 Å². The van der Waals surface area contributed by atoms with Gasteiger partial charge in [0.15, 0.2) is 0 Å². The zero-order valence-electron chi connectivity index (χ0n) is 11.5. The van der Waals surface area contributed by atoms with E-state index < -0.39 is 0 Å². The van der Waals surface area contributed by atoms with Gasteiger partial charge in [0.2, 0.25) is 0 Å². The molecule has 1 aromatic rings. The van der Waals surface area contributed by atoms with Crippen LogP contribution in [-0.4, -0.2) is 17.3 Å². The molecule has 0 saturated heterocycles. The summed E-state index contributed by atoms with van der Waals surface area (Å²) in [5.41, 5.74) is 1.99. The smallest absolute Gasteiger partial charge is 0.251 e. The summed E-state index contributed by atoms with van der Waals surface area (Å²) in [6.45, 7) is 8.44. The molecule has 0 aliphatic rings. The molecule has 0 fully saturated rings. The molecule has 2 unspecified atom stereocenters. The normalized spacial score (nSPS) is 14.3. The number of halogens is 1. The second-order valence-corrected chi connectivity index (χ2v) is 5.82. The molecule has 0 aliphatic heterocycles. The Hall–Kier alpha value is -0.830. The molecule has 0 heterocycles. The maximum Gasteiger partial charge on any atom is 0.251 e. The second-order valence-electron chi connectivity index (χ2n) is 5.17. The number of amides is 1. The number of rotatable bonds is 5. The highest BCUT2D eigenvalue weighted by molar-refractivity contribution is 9.09. The number of hydrogen-bond donors (Lipinski definition) is 1. The van der Waals surface area contributed by atoms with Gasteiger partial charge in [0, 0.05) is 16.9 Å². The van der Waals surface area contributed by atoms with E-state index in [2.05, 4.69) is 42.0 Å². The number of alkyl halides is 1. The van der Waals surface area contributed by atoms with Gasteiger partial charge >= 0.3 is 0 Å². The predicted octanol–water partition coefficient (Wildman–Crippen LogP) is 3.96. The fraction of sp³-hybridized carbons (Fsp3) is 0.533. The van der Waals surface area contributed by atoms with Crippen LogP contribution in [-0.2, 0) is 0 Å². The summed E-state index contributed by atoms with van der Waals surface area (Å²) in [6, 6.07) is 8.02. The Labute approximate surface area is 118 Å². The lowest BCUT2D eigenvalue weighted by Crippen LogP contribution is -2.37. The van der Waals surface area contributed by atoms with Crippen molar-refractivity contribution in [1.82, 2.24) is 5.32 Å². The molecule has 3 heteroatoms. The SMILES string of the molecule is CC(C)c1ccc(C(=O)NC(C)C(C)CBr)cc1. The molecule has 1 amide bonds. The Morgan fingerprint density at radius 3 is 2.17 bits per heavy atom. The molecule has 1 rings (SSSR count). The molecule has 1 aromatic carbocycles. The Morgan fingerprint density at radius 2 is 1.72 bits per heavy atom. The van der Waals surface area contributed by atoms with E-state index in [1.165, 1.54) is 5.56 Å². The van der Waals surface area contributed by atoms with Crippen molar-refractivity contribution in [2.24, 2.45) is 5.92 Å². The fourth-order valence-corrected chi connectivity index (χ4v) is 2.15. The van der Waals surface area contributed by atoms with E-state index in [9.17, 15) is 4.79 Å². The maximum atomic E-state index is 12.0. The van der Waals surface area contributed by atoms with Crippen LogP contribution in [0, 0.1) is 5.92 Å². The van der Waals surface area contributed by atoms with Crippen LogP contribution < -0.4 is 5.32 Å². The average Bonchev–Trinajstić information content (AvgIpc) is 2.37.